The van der Waals surface area contributed by atoms with Gasteiger partial charge in [0.05, 0.1) is 42.7 Å². The number of carbonyl (C=O) groups is 10. The largest absolute Gasteiger partial charge is 0.480 e. The monoisotopic (exact) mass is 1370 g/mol. The molecule has 0 aliphatic carbocycles. The van der Waals surface area contributed by atoms with Crippen molar-refractivity contribution in [3.63, 3.8) is 0 Å². The molecule has 1 aliphatic rings. The molecule has 3 aromatic carbocycles. The number of carboxylic acid groups (broad SMARTS) is 1. The summed E-state index contributed by atoms with van der Waals surface area (Å²) in [4.78, 5) is 141. The molecular weight excluding hydrogens is 1260 g/mol. The number of nitrogens with one attached hydrogen (secondary N) is 6. The zero-order valence-electron chi connectivity index (χ0n) is 60.6. The number of methoxy groups -OCH3 is 2. The quantitative estimate of drug-likeness (QED) is 0.0263. The minimum absolute atomic E-state index is 0.0816. The van der Waals surface area contributed by atoms with Crippen LogP contribution in [0.25, 0.3) is 0 Å². The Kier molecular flexibility index (Phi) is 32.9. The lowest BCUT2D eigenvalue weighted by molar-refractivity contribution is -0.148. The number of rotatable bonds is 37. The van der Waals surface area contributed by atoms with E-state index in [1.807, 2.05) is 71.7 Å². The summed E-state index contributed by atoms with van der Waals surface area (Å²) in [5.74, 6) is -5.49. The van der Waals surface area contributed by atoms with Crippen LogP contribution < -0.4 is 42.5 Å². The van der Waals surface area contributed by atoms with Crippen LogP contribution in [0.5, 0.6) is 0 Å². The Balaban J connectivity index is 1.35. The first-order valence-electron chi connectivity index (χ1n) is 34.0. The fourth-order valence-electron chi connectivity index (χ4n) is 12.3. The molecule has 1 unspecified atom stereocenters. The van der Waals surface area contributed by atoms with Gasteiger partial charge in [-0.2, -0.15) is 0 Å². The molecule has 98 heavy (non-hydrogen) atoms. The predicted molar refractivity (Wildman–Crippen MR) is 374 cm³/mol. The molecule has 11 atom stereocenters. The number of primary amides is 1. The average Bonchev–Trinajstić information content (AvgIpc) is 1.43. The maximum Gasteiger partial charge on any atom is 0.414 e. The zero-order chi connectivity index (χ0) is 73.3. The van der Waals surface area contributed by atoms with Gasteiger partial charge in [0.1, 0.15) is 36.4 Å². The van der Waals surface area contributed by atoms with Crippen molar-refractivity contribution in [2.75, 3.05) is 65.2 Å². The summed E-state index contributed by atoms with van der Waals surface area (Å²) in [7, 11) is 8.14. The first-order valence-corrected chi connectivity index (χ1v) is 34.0. The number of benzene rings is 3. The SMILES string of the molecule is CC[C@H](C)[C@@H]([C@@H](CC(=O)N1CCC[C@H]1[C@H](OC)[C@@H](C)C(=O)N[C@@H](Cc1ccccc1)C(=O)O)OC)N(C)C(=O)[C@@H](NC(=O)[C@H](C(C)C)N(C)CCc1ccc(N(C)C(=O)OCc2ccc(NC(=O)[C@H](CCCNC(N)=O)NC(=O)C(NC(=O)OC(C)(C)C)C(C)C)cc2)cc1)C(C)C. The van der Waals surface area contributed by atoms with Gasteiger partial charge < -0.3 is 71.5 Å². The van der Waals surface area contributed by atoms with Gasteiger partial charge in [0, 0.05) is 65.7 Å². The Bertz CT molecular complexity index is 3090. The number of hydrogen-bond donors (Lipinski definition) is 8. The third-order valence-electron chi connectivity index (χ3n) is 17.9. The van der Waals surface area contributed by atoms with Crippen molar-refractivity contribution in [2.24, 2.45) is 35.3 Å². The van der Waals surface area contributed by atoms with Gasteiger partial charge in [0.25, 0.3) is 0 Å². The Morgan fingerprint density at radius 3 is 1.87 bits per heavy atom. The Morgan fingerprint density at radius 1 is 0.704 bits per heavy atom. The van der Waals surface area contributed by atoms with E-state index in [1.54, 1.807) is 126 Å². The lowest BCUT2D eigenvalue weighted by atomic mass is 9.89. The molecule has 26 heteroatoms. The summed E-state index contributed by atoms with van der Waals surface area (Å²) < 4.78 is 23.0. The van der Waals surface area contributed by atoms with Crippen LogP contribution in [0.4, 0.5) is 25.8 Å². The number of amides is 10. The van der Waals surface area contributed by atoms with Crippen molar-refractivity contribution >= 4 is 71.0 Å². The lowest BCUT2D eigenvalue weighted by Gasteiger charge is -2.41. The molecule has 26 nitrogen and oxygen atoms in total. The minimum Gasteiger partial charge on any atom is -0.480 e. The van der Waals surface area contributed by atoms with E-state index in [0.29, 0.717) is 62.1 Å². The number of hydrogen-bond acceptors (Lipinski definition) is 15. The van der Waals surface area contributed by atoms with E-state index in [2.05, 4.69) is 31.9 Å². The number of aliphatic carboxylic acids is 1. The molecule has 0 radical (unpaired) electrons. The summed E-state index contributed by atoms with van der Waals surface area (Å²) in [5.41, 5.74) is 7.71. The fourth-order valence-corrected chi connectivity index (χ4v) is 12.3. The molecule has 544 valence electrons. The second-order valence-corrected chi connectivity index (χ2v) is 27.7. The smallest absolute Gasteiger partial charge is 0.414 e. The lowest BCUT2D eigenvalue weighted by Crippen LogP contribution is -2.60. The van der Waals surface area contributed by atoms with E-state index in [4.69, 9.17) is 24.7 Å². The first kappa shape index (κ1) is 82.1. The van der Waals surface area contributed by atoms with Crippen LogP contribution in [-0.2, 0) is 72.0 Å². The van der Waals surface area contributed by atoms with Gasteiger partial charge in [0.2, 0.25) is 35.4 Å². The van der Waals surface area contributed by atoms with Crippen LogP contribution in [0.2, 0.25) is 0 Å². The van der Waals surface area contributed by atoms with E-state index in [1.165, 1.54) is 19.1 Å². The Hall–Kier alpha value is -8.36. The maximum absolute atomic E-state index is 14.8. The molecule has 1 aliphatic heterocycles. The molecule has 1 heterocycles. The highest BCUT2D eigenvalue weighted by Gasteiger charge is 2.44. The number of anilines is 2. The van der Waals surface area contributed by atoms with Crippen LogP contribution >= 0.6 is 0 Å². The number of ether oxygens (including phenoxy) is 4. The number of likely N-dealkylation sites (N-methyl/N-ethyl adjacent to an activating group) is 2. The average molecular weight is 1370 g/mol. The van der Waals surface area contributed by atoms with Crippen molar-refractivity contribution in [3.8, 4) is 0 Å². The first-order chi connectivity index (χ1) is 46.1. The van der Waals surface area contributed by atoms with Crippen molar-refractivity contribution in [1.29, 1.82) is 0 Å². The second-order valence-electron chi connectivity index (χ2n) is 27.7. The number of urea groups is 1. The summed E-state index contributed by atoms with van der Waals surface area (Å²) in [6.45, 7) is 22.9. The summed E-state index contributed by atoms with van der Waals surface area (Å²) >= 11 is 0. The van der Waals surface area contributed by atoms with Gasteiger partial charge in [-0.1, -0.05) is 123 Å². The van der Waals surface area contributed by atoms with E-state index >= 15 is 0 Å². The molecule has 0 aromatic heterocycles. The van der Waals surface area contributed by atoms with E-state index in [9.17, 15) is 53.1 Å². The summed E-state index contributed by atoms with van der Waals surface area (Å²) in [6, 6.07) is 16.4. The van der Waals surface area contributed by atoms with Crippen LogP contribution in [0.15, 0.2) is 78.9 Å². The van der Waals surface area contributed by atoms with Gasteiger partial charge in [-0.05, 0) is 125 Å². The molecule has 4 rings (SSSR count). The highest BCUT2D eigenvalue weighted by molar-refractivity contribution is 5.98. The predicted octanol–water partition coefficient (Wildman–Crippen LogP) is 7.25. The number of alkyl carbamates (subject to hydrolysis) is 1. The molecule has 0 spiro atoms. The van der Waals surface area contributed by atoms with Gasteiger partial charge in [0.15, 0.2) is 0 Å². The highest BCUT2D eigenvalue weighted by atomic mass is 16.6. The normalized spacial score (nSPS) is 16.3. The number of nitrogens with zero attached hydrogens (tertiary/aromatic N) is 4. The molecule has 10 amide bonds. The van der Waals surface area contributed by atoms with Gasteiger partial charge in [-0.15, -0.1) is 0 Å². The van der Waals surface area contributed by atoms with Crippen LogP contribution in [0.1, 0.15) is 138 Å². The van der Waals surface area contributed by atoms with Gasteiger partial charge in [-0.25, -0.2) is 19.2 Å². The molecule has 1 fully saturated rings. The molecular formula is C72H111N11O15. The highest BCUT2D eigenvalue weighted by Crippen LogP contribution is 2.31. The van der Waals surface area contributed by atoms with E-state index in [-0.39, 0.29) is 73.8 Å². The number of likely N-dealkylation sites (tertiary alicyclic amines) is 1. The van der Waals surface area contributed by atoms with E-state index in [0.717, 1.165) is 11.1 Å². The van der Waals surface area contributed by atoms with Crippen LogP contribution in [0.3, 0.4) is 0 Å². The van der Waals surface area contributed by atoms with Gasteiger partial charge >= 0.3 is 24.2 Å². The minimum atomic E-state index is -1.17. The van der Waals surface area contributed by atoms with Crippen molar-refractivity contribution in [1.82, 2.24) is 41.3 Å². The van der Waals surface area contributed by atoms with Gasteiger partial charge in [-0.3, -0.25) is 38.6 Å². The van der Waals surface area contributed by atoms with Crippen molar-refractivity contribution < 1.29 is 72.0 Å². The summed E-state index contributed by atoms with van der Waals surface area (Å²) in [6.07, 6.45) is -0.0577. The third kappa shape index (κ3) is 25.2. The van der Waals surface area contributed by atoms with Crippen LogP contribution in [-0.4, -0.2) is 195 Å². The molecule has 9 N–H and O–H groups in total. The van der Waals surface area contributed by atoms with Crippen molar-refractivity contribution in [2.45, 2.75) is 201 Å². The van der Waals surface area contributed by atoms with E-state index < -0.39 is 108 Å². The Labute approximate surface area is 579 Å². The second kappa shape index (κ2) is 39.3. The topological polar surface area (TPSA) is 339 Å². The molecule has 0 saturated carbocycles. The molecule has 3 aromatic rings. The van der Waals surface area contributed by atoms with Crippen LogP contribution in [0, 0.1) is 29.6 Å². The third-order valence-corrected chi connectivity index (χ3v) is 17.9. The fraction of sp³-hybridized carbons (Fsp3) is 0.611. The number of carbonyl (C=O) groups excluding carboxylic acids is 9. The molecule has 1 saturated heterocycles. The zero-order valence-corrected chi connectivity index (χ0v) is 60.6. The maximum atomic E-state index is 14.8. The molecule has 0 bridgehead atoms. The number of carboxylic acids is 1. The van der Waals surface area contributed by atoms with Crippen molar-refractivity contribution in [3.05, 3.63) is 95.6 Å². The summed E-state index contributed by atoms with van der Waals surface area (Å²) in [5, 5.41) is 26.4. The number of nitrogens with two attached hydrogens (primary N) is 1. The Morgan fingerprint density at radius 2 is 1.32 bits per heavy atom. The standard InChI is InChI=1S/C72H111N11O15/c1-18-46(8)61(56(95-16)41-57(84)83-38-23-27-55(83)62(96-17)47(9)63(85)77-54(68(90)91)40-49-24-20-19-21-25-49)82(15)67(89)59(44(4)5)78-66(88)60(45(6)7)80(13)39-36-48-30-34-52(35-31-48)81(14)71(94)97-42-50-28-32-51(33-29-50)75-64(86)53(26-22-37-74-69(73)92)76-65(87)58(43(2)3)79-70(93)98-72(10,11)12/h19-21,24-25,28-35,43-47,53-56,58-62H,18,22-23,26-27,36-42H2,1-17H3,(H,75,86)(H,76,87)(H,77,85)(H,78,88)(H,79,93)(H,90,91)(H3,73,74,92)/t46-,47+,53-,54-,55-,56+,58?,59-,60-,61-,62+/m0/s1.